The summed E-state index contributed by atoms with van der Waals surface area (Å²) in [7, 11) is 0. The van der Waals surface area contributed by atoms with E-state index < -0.39 is 0 Å². The van der Waals surface area contributed by atoms with E-state index in [0.29, 0.717) is 18.3 Å². The van der Waals surface area contributed by atoms with Crippen LogP contribution in [0.15, 0.2) is 22.7 Å². The molecule has 2 aliphatic heterocycles. The molecular formula is C18H21N3O3. The second-order valence-corrected chi connectivity index (χ2v) is 6.54. The fourth-order valence-corrected chi connectivity index (χ4v) is 3.53. The first-order chi connectivity index (χ1) is 11.7. The largest absolute Gasteiger partial charge is 0.493 e. The summed E-state index contributed by atoms with van der Waals surface area (Å²) >= 11 is 0. The minimum atomic E-state index is 0.0771. The molecule has 2 aliphatic rings. The smallest absolute Gasteiger partial charge is 0.253 e. The van der Waals surface area contributed by atoms with Gasteiger partial charge in [0.1, 0.15) is 5.75 Å². The van der Waals surface area contributed by atoms with Gasteiger partial charge in [-0.25, -0.2) is 0 Å². The predicted octanol–water partition coefficient (Wildman–Crippen LogP) is 2.72. The summed E-state index contributed by atoms with van der Waals surface area (Å²) < 4.78 is 10.7. The van der Waals surface area contributed by atoms with Crippen LogP contribution in [-0.2, 0) is 6.42 Å². The SMILES string of the molecule is Cc1nc([C@H]2CCCN(C(=O)c3ccc4c(c3)CCCO4)C2)no1. The fraction of sp³-hybridized carbons (Fsp3) is 0.500. The average molecular weight is 327 g/mol. The van der Waals surface area contributed by atoms with E-state index in [9.17, 15) is 4.79 Å². The number of piperidine rings is 1. The van der Waals surface area contributed by atoms with E-state index in [1.165, 1.54) is 0 Å². The number of nitrogens with zero attached hydrogens (tertiary/aromatic N) is 3. The van der Waals surface area contributed by atoms with Gasteiger partial charge in [0.15, 0.2) is 5.82 Å². The van der Waals surface area contributed by atoms with Gasteiger partial charge in [-0.1, -0.05) is 5.16 Å². The number of carbonyl (C=O) groups is 1. The Labute approximate surface area is 140 Å². The maximum atomic E-state index is 12.9. The van der Waals surface area contributed by atoms with Gasteiger partial charge in [0.25, 0.3) is 5.91 Å². The highest BCUT2D eigenvalue weighted by molar-refractivity contribution is 5.94. The zero-order valence-electron chi connectivity index (χ0n) is 13.8. The Hall–Kier alpha value is -2.37. The summed E-state index contributed by atoms with van der Waals surface area (Å²) in [4.78, 5) is 19.1. The van der Waals surface area contributed by atoms with Gasteiger partial charge in [-0.05, 0) is 49.4 Å². The van der Waals surface area contributed by atoms with Crippen molar-refractivity contribution in [1.29, 1.82) is 0 Å². The lowest BCUT2D eigenvalue weighted by Crippen LogP contribution is -2.39. The van der Waals surface area contributed by atoms with Gasteiger partial charge in [-0.2, -0.15) is 4.98 Å². The number of benzene rings is 1. The fourth-order valence-electron chi connectivity index (χ4n) is 3.53. The third kappa shape index (κ3) is 2.88. The molecule has 1 amide bonds. The van der Waals surface area contributed by atoms with Gasteiger partial charge >= 0.3 is 0 Å². The van der Waals surface area contributed by atoms with Crippen LogP contribution in [0, 0.1) is 6.92 Å². The van der Waals surface area contributed by atoms with Crippen LogP contribution in [-0.4, -0.2) is 40.6 Å². The van der Waals surface area contributed by atoms with Crippen molar-refractivity contribution in [2.45, 2.75) is 38.5 Å². The number of carbonyl (C=O) groups excluding carboxylic acids is 1. The van der Waals surface area contributed by atoms with E-state index in [4.69, 9.17) is 9.26 Å². The van der Waals surface area contributed by atoms with E-state index >= 15 is 0 Å². The van der Waals surface area contributed by atoms with E-state index in [1.807, 2.05) is 23.1 Å². The molecule has 1 saturated heterocycles. The third-order valence-corrected chi connectivity index (χ3v) is 4.77. The van der Waals surface area contributed by atoms with E-state index in [2.05, 4.69) is 10.1 Å². The van der Waals surface area contributed by atoms with Gasteiger partial charge in [0.05, 0.1) is 6.61 Å². The second-order valence-electron chi connectivity index (χ2n) is 6.54. The van der Waals surface area contributed by atoms with Crippen molar-refractivity contribution in [2.24, 2.45) is 0 Å². The molecule has 1 fully saturated rings. The number of fused-ring (bicyclic) bond motifs is 1. The lowest BCUT2D eigenvalue weighted by molar-refractivity contribution is 0.0703. The Bertz CT molecular complexity index is 756. The van der Waals surface area contributed by atoms with Gasteiger partial charge in [0, 0.05) is 31.5 Å². The summed E-state index contributed by atoms with van der Waals surface area (Å²) in [6.45, 7) is 3.97. The minimum Gasteiger partial charge on any atom is -0.493 e. The van der Waals surface area contributed by atoms with E-state index in [1.54, 1.807) is 6.92 Å². The molecule has 2 aromatic rings. The Balaban J connectivity index is 1.51. The average Bonchev–Trinajstić information content (AvgIpc) is 3.07. The molecule has 0 bridgehead atoms. The number of aromatic nitrogens is 2. The first-order valence-corrected chi connectivity index (χ1v) is 8.56. The van der Waals surface area contributed by atoms with Crippen molar-refractivity contribution in [3.63, 3.8) is 0 Å². The molecule has 1 aromatic carbocycles. The topological polar surface area (TPSA) is 68.5 Å². The Morgan fingerprint density at radius 3 is 3.08 bits per heavy atom. The van der Waals surface area contributed by atoms with Crippen LogP contribution in [0.4, 0.5) is 0 Å². The molecular weight excluding hydrogens is 306 g/mol. The van der Waals surface area contributed by atoms with Crippen LogP contribution < -0.4 is 4.74 Å². The number of amides is 1. The number of rotatable bonds is 2. The molecule has 6 heteroatoms. The van der Waals surface area contributed by atoms with E-state index in [0.717, 1.165) is 55.7 Å². The summed E-state index contributed by atoms with van der Waals surface area (Å²) in [6, 6.07) is 5.78. The first-order valence-electron chi connectivity index (χ1n) is 8.56. The lowest BCUT2D eigenvalue weighted by atomic mass is 9.96. The normalized spacial score (nSPS) is 20.4. The Morgan fingerprint density at radius 1 is 1.33 bits per heavy atom. The molecule has 1 atom stereocenters. The summed E-state index contributed by atoms with van der Waals surface area (Å²) in [6.07, 6.45) is 3.92. The molecule has 0 saturated carbocycles. The van der Waals surface area contributed by atoms with Crippen LogP contribution in [0.5, 0.6) is 5.75 Å². The molecule has 6 nitrogen and oxygen atoms in total. The first kappa shape index (κ1) is 15.2. The van der Waals surface area contributed by atoms with Crippen LogP contribution in [0.2, 0.25) is 0 Å². The standard InChI is InChI=1S/C18H21N3O3/c1-12-19-17(20-24-12)15-4-2-8-21(11-15)18(22)14-6-7-16-13(10-14)5-3-9-23-16/h6-7,10,15H,2-5,8-9,11H2,1H3/t15-/m0/s1. The molecule has 4 rings (SSSR count). The van der Waals surface area contributed by atoms with Crippen LogP contribution >= 0.6 is 0 Å². The van der Waals surface area contributed by atoms with Gasteiger partial charge in [0.2, 0.25) is 5.89 Å². The zero-order chi connectivity index (χ0) is 16.5. The Kier molecular flexibility index (Phi) is 3.96. The molecule has 0 aliphatic carbocycles. The van der Waals surface area contributed by atoms with Crippen molar-refractivity contribution in [1.82, 2.24) is 15.0 Å². The van der Waals surface area contributed by atoms with Gasteiger partial charge in [-0.3, -0.25) is 4.79 Å². The number of likely N-dealkylation sites (tertiary alicyclic amines) is 1. The van der Waals surface area contributed by atoms with Crippen molar-refractivity contribution in [2.75, 3.05) is 19.7 Å². The highest BCUT2D eigenvalue weighted by atomic mass is 16.5. The van der Waals surface area contributed by atoms with Gasteiger partial charge in [-0.15, -0.1) is 0 Å². The monoisotopic (exact) mass is 327 g/mol. The summed E-state index contributed by atoms with van der Waals surface area (Å²) in [5, 5.41) is 4.02. The molecule has 0 spiro atoms. The lowest BCUT2D eigenvalue weighted by Gasteiger charge is -2.31. The molecule has 1 aromatic heterocycles. The maximum Gasteiger partial charge on any atom is 0.253 e. The minimum absolute atomic E-state index is 0.0771. The van der Waals surface area contributed by atoms with Crippen LogP contribution in [0.3, 0.4) is 0 Å². The molecule has 0 N–H and O–H groups in total. The van der Waals surface area contributed by atoms with Crippen molar-refractivity contribution >= 4 is 5.91 Å². The number of hydrogen-bond donors (Lipinski definition) is 0. The molecule has 24 heavy (non-hydrogen) atoms. The van der Waals surface area contributed by atoms with Crippen LogP contribution in [0.25, 0.3) is 0 Å². The highest BCUT2D eigenvalue weighted by Gasteiger charge is 2.28. The van der Waals surface area contributed by atoms with Crippen LogP contribution in [0.1, 0.15) is 52.8 Å². The van der Waals surface area contributed by atoms with Crippen molar-refractivity contribution < 1.29 is 14.1 Å². The summed E-state index contributed by atoms with van der Waals surface area (Å²) in [5.41, 5.74) is 1.87. The second kappa shape index (κ2) is 6.26. The zero-order valence-corrected chi connectivity index (χ0v) is 13.8. The molecule has 126 valence electrons. The molecule has 3 heterocycles. The maximum absolute atomic E-state index is 12.9. The summed E-state index contributed by atoms with van der Waals surface area (Å²) in [5.74, 6) is 2.43. The Morgan fingerprint density at radius 2 is 2.25 bits per heavy atom. The predicted molar refractivity (Wildman–Crippen MR) is 87.2 cm³/mol. The third-order valence-electron chi connectivity index (χ3n) is 4.77. The number of aryl methyl sites for hydroxylation is 2. The van der Waals surface area contributed by atoms with Crippen molar-refractivity contribution in [3.05, 3.63) is 41.0 Å². The number of hydrogen-bond acceptors (Lipinski definition) is 5. The van der Waals surface area contributed by atoms with E-state index in [-0.39, 0.29) is 11.8 Å². The molecule has 0 radical (unpaired) electrons. The quantitative estimate of drug-likeness (QED) is 0.848. The van der Waals surface area contributed by atoms with Gasteiger partial charge < -0.3 is 14.2 Å². The van der Waals surface area contributed by atoms with Crippen molar-refractivity contribution in [3.8, 4) is 5.75 Å². The molecule has 0 unspecified atom stereocenters. The number of ether oxygens (including phenoxy) is 1. The highest BCUT2D eigenvalue weighted by Crippen LogP contribution is 2.29.